The van der Waals surface area contributed by atoms with Gasteiger partial charge in [0.25, 0.3) is 5.69 Å². The van der Waals surface area contributed by atoms with Gasteiger partial charge in [0, 0.05) is 24.0 Å². The van der Waals surface area contributed by atoms with Crippen LogP contribution in [0.2, 0.25) is 0 Å². The third-order valence-corrected chi connectivity index (χ3v) is 5.98. The van der Waals surface area contributed by atoms with Crippen molar-refractivity contribution in [1.29, 1.82) is 0 Å². The fourth-order valence-electron chi connectivity index (χ4n) is 3.25. The number of carbonyl (C=O) groups excluding carboxylic acids is 1. The zero-order valence-corrected chi connectivity index (χ0v) is 18.7. The first-order valence-corrected chi connectivity index (χ1v) is 11.0. The molecular formula is C23H20N6O3S. The van der Waals surface area contributed by atoms with Crippen LogP contribution >= 0.6 is 11.8 Å². The first kappa shape index (κ1) is 22.2. The molecule has 0 aliphatic carbocycles. The first-order chi connectivity index (χ1) is 16.0. The molecule has 0 saturated carbocycles. The Hall–Kier alpha value is -4.05. The molecule has 166 valence electrons. The Balaban J connectivity index is 1.66. The van der Waals surface area contributed by atoms with Crippen LogP contribution in [0.15, 0.2) is 78.2 Å². The molecule has 0 fully saturated rings. The number of nitrogens with zero attached hydrogens (tertiary/aromatic N) is 5. The number of benzene rings is 2. The Morgan fingerprint density at radius 3 is 2.48 bits per heavy atom. The molecule has 0 aliphatic rings. The van der Waals surface area contributed by atoms with Crippen molar-refractivity contribution in [1.82, 2.24) is 19.7 Å². The van der Waals surface area contributed by atoms with Gasteiger partial charge in [-0.1, -0.05) is 42.1 Å². The number of aryl methyl sites for hydroxylation is 1. The second-order valence-corrected chi connectivity index (χ2v) is 8.50. The average Bonchev–Trinajstić information content (AvgIpc) is 3.23. The minimum atomic E-state index is -0.595. The van der Waals surface area contributed by atoms with Crippen LogP contribution in [0.4, 0.5) is 11.4 Å². The largest absolute Gasteiger partial charge is 0.319 e. The number of anilines is 1. The number of aromatic nitrogens is 4. The van der Waals surface area contributed by atoms with E-state index in [1.165, 1.54) is 23.9 Å². The van der Waals surface area contributed by atoms with Gasteiger partial charge in [0.2, 0.25) is 5.91 Å². The number of hydrogen-bond acceptors (Lipinski definition) is 7. The lowest BCUT2D eigenvalue weighted by Gasteiger charge is -2.15. The van der Waals surface area contributed by atoms with Gasteiger partial charge in [-0.15, -0.1) is 10.2 Å². The highest BCUT2D eigenvalue weighted by molar-refractivity contribution is 8.00. The van der Waals surface area contributed by atoms with E-state index >= 15 is 0 Å². The molecule has 1 atom stereocenters. The number of rotatable bonds is 7. The highest BCUT2D eigenvalue weighted by Gasteiger charge is 2.24. The van der Waals surface area contributed by atoms with Crippen LogP contribution in [0.1, 0.15) is 12.5 Å². The molecule has 0 bridgehead atoms. The summed E-state index contributed by atoms with van der Waals surface area (Å²) >= 11 is 1.22. The molecule has 0 saturated heterocycles. The Morgan fingerprint density at radius 1 is 1.06 bits per heavy atom. The van der Waals surface area contributed by atoms with Gasteiger partial charge in [0.05, 0.1) is 15.9 Å². The van der Waals surface area contributed by atoms with Crippen molar-refractivity contribution in [2.24, 2.45) is 0 Å². The zero-order chi connectivity index (χ0) is 23.4. The number of hydrogen-bond donors (Lipinski definition) is 1. The molecule has 2 aromatic carbocycles. The SMILES string of the molecule is Cc1ccccc1-n1c(SC(C)C(=O)Nc2ccccc2[N+](=O)[O-])nnc1-c1ccncc1. The molecule has 9 nitrogen and oxygen atoms in total. The predicted octanol–water partition coefficient (Wildman–Crippen LogP) is 4.67. The number of pyridine rings is 1. The number of nitrogens with one attached hydrogen (secondary N) is 1. The van der Waals surface area contributed by atoms with Crippen molar-refractivity contribution >= 4 is 29.0 Å². The van der Waals surface area contributed by atoms with E-state index in [1.54, 1.807) is 31.5 Å². The molecule has 0 aliphatic heterocycles. The minimum Gasteiger partial charge on any atom is -0.319 e. The Bertz CT molecular complexity index is 1310. The molecule has 1 amide bonds. The van der Waals surface area contributed by atoms with E-state index in [0.717, 1.165) is 16.8 Å². The second kappa shape index (κ2) is 9.61. The molecule has 0 radical (unpaired) electrons. The lowest BCUT2D eigenvalue weighted by Crippen LogP contribution is -2.23. The zero-order valence-electron chi connectivity index (χ0n) is 17.9. The maximum Gasteiger partial charge on any atom is 0.292 e. The number of amides is 1. The van der Waals surface area contributed by atoms with E-state index in [-0.39, 0.29) is 17.3 Å². The van der Waals surface area contributed by atoms with Crippen molar-refractivity contribution < 1.29 is 9.72 Å². The highest BCUT2D eigenvalue weighted by atomic mass is 32.2. The van der Waals surface area contributed by atoms with Crippen molar-refractivity contribution in [2.75, 3.05) is 5.32 Å². The Kier molecular flexibility index (Phi) is 6.45. The Labute approximate surface area is 194 Å². The van der Waals surface area contributed by atoms with Gasteiger partial charge in [-0.25, -0.2) is 0 Å². The topological polar surface area (TPSA) is 116 Å². The molecule has 2 heterocycles. The molecule has 0 spiro atoms. The van der Waals surface area contributed by atoms with Crippen LogP contribution in [-0.2, 0) is 4.79 Å². The number of nitro groups is 1. The summed E-state index contributed by atoms with van der Waals surface area (Å²) in [6.45, 7) is 3.71. The molecule has 2 aromatic heterocycles. The lowest BCUT2D eigenvalue weighted by molar-refractivity contribution is -0.383. The van der Waals surface area contributed by atoms with E-state index in [9.17, 15) is 14.9 Å². The fraction of sp³-hybridized carbons (Fsp3) is 0.130. The van der Waals surface area contributed by atoms with E-state index in [4.69, 9.17) is 0 Å². The van der Waals surface area contributed by atoms with Crippen LogP contribution in [0.3, 0.4) is 0 Å². The third kappa shape index (κ3) is 4.75. The van der Waals surface area contributed by atoms with Crippen molar-refractivity contribution in [3.63, 3.8) is 0 Å². The van der Waals surface area contributed by atoms with Crippen molar-refractivity contribution in [3.8, 4) is 17.1 Å². The summed E-state index contributed by atoms with van der Waals surface area (Å²) in [6, 6.07) is 17.6. The predicted molar refractivity (Wildman–Crippen MR) is 126 cm³/mol. The van der Waals surface area contributed by atoms with Gasteiger partial charge in [-0.3, -0.25) is 24.5 Å². The maximum absolute atomic E-state index is 12.9. The third-order valence-electron chi connectivity index (χ3n) is 4.94. The molecule has 4 aromatic rings. The number of carbonyl (C=O) groups is 1. The normalized spacial score (nSPS) is 11.7. The monoisotopic (exact) mass is 460 g/mol. The number of thioether (sulfide) groups is 1. The summed E-state index contributed by atoms with van der Waals surface area (Å²) < 4.78 is 1.91. The Morgan fingerprint density at radius 2 is 1.76 bits per heavy atom. The quantitative estimate of drug-likeness (QED) is 0.242. The fourth-order valence-corrected chi connectivity index (χ4v) is 4.11. The molecular weight excluding hydrogens is 440 g/mol. The summed E-state index contributed by atoms with van der Waals surface area (Å²) in [5.41, 5.74) is 2.74. The summed E-state index contributed by atoms with van der Waals surface area (Å²) in [4.78, 5) is 27.7. The van der Waals surface area contributed by atoms with Crippen LogP contribution < -0.4 is 5.32 Å². The molecule has 10 heteroatoms. The molecule has 1 N–H and O–H groups in total. The molecule has 4 rings (SSSR count). The summed E-state index contributed by atoms with van der Waals surface area (Å²) in [5, 5.41) is 22.6. The second-order valence-electron chi connectivity index (χ2n) is 7.19. The van der Waals surface area contributed by atoms with Gasteiger partial charge in [0.1, 0.15) is 5.69 Å². The number of para-hydroxylation sites is 3. The van der Waals surface area contributed by atoms with Gasteiger partial charge in [0.15, 0.2) is 11.0 Å². The summed E-state index contributed by atoms with van der Waals surface area (Å²) in [7, 11) is 0. The van der Waals surface area contributed by atoms with Gasteiger partial charge in [-0.2, -0.15) is 0 Å². The lowest BCUT2D eigenvalue weighted by atomic mass is 10.2. The summed E-state index contributed by atoms with van der Waals surface area (Å²) in [6.07, 6.45) is 3.36. The smallest absolute Gasteiger partial charge is 0.292 e. The van der Waals surface area contributed by atoms with Gasteiger partial charge in [-0.05, 0) is 43.7 Å². The van der Waals surface area contributed by atoms with Crippen LogP contribution in [0, 0.1) is 17.0 Å². The van der Waals surface area contributed by atoms with Crippen molar-refractivity contribution in [2.45, 2.75) is 24.3 Å². The van der Waals surface area contributed by atoms with E-state index in [0.29, 0.717) is 11.0 Å². The standard InChI is InChI=1S/C23H20N6O3S/c1-15-7-3-5-9-19(15)28-21(17-11-13-24-14-12-17)26-27-23(28)33-16(2)22(30)25-18-8-4-6-10-20(18)29(31)32/h3-14,16H,1-2H3,(H,25,30). The van der Waals surface area contributed by atoms with Crippen molar-refractivity contribution in [3.05, 3.63) is 88.7 Å². The van der Waals surface area contributed by atoms with E-state index < -0.39 is 10.2 Å². The molecule has 33 heavy (non-hydrogen) atoms. The van der Waals surface area contributed by atoms with Crippen LogP contribution in [-0.4, -0.2) is 35.8 Å². The number of nitro benzene ring substituents is 1. The molecule has 1 unspecified atom stereocenters. The van der Waals surface area contributed by atoms with Crippen LogP contribution in [0.5, 0.6) is 0 Å². The van der Waals surface area contributed by atoms with Gasteiger partial charge >= 0.3 is 0 Å². The highest BCUT2D eigenvalue weighted by Crippen LogP contribution is 2.32. The van der Waals surface area contributed by atoms with E-state index in [2.05, 4.69) is 20.5 Å². The minimum absolute atomic E-state index is 0.151. The maximum atomic E-state index is 12.9. The van der Waals surface area contributed by atoms with E-state index in [1.807, 2.05) is 47.9 Å². The summed E-state index contributed by atoms with van der Waals surface area (Å²) in [5.74, 6) is 0.250. The first-order valence-electron chi connectivity index (χ1n) is 10.1. The van der Waals surface area contributed by atoms with Crippen LogP contribution in [0.25, 0.3) is 17.1 Å². The van der Waals surface area contributed by atoms with Gasteiger partial charge < -0.3 is 5.32 Å². The average molecular weight is 461 g/mol.